The molecule has 0 aliphatic carbocycles. The first-order chi connectivity index (χ1) is 7.29. The van der Waals surface area contributed by atoms with E-state index in [-0.39, 0.29) is 0 Å². The molecule has 0 radical (unpaired) electrons. The zero-order chi connectivity index (χ0) is 11.5. The van der Waals surface area contributed by atoms with E-state index >= 15 is 0 Å². The van der Waals surface area contributed by atoms with Crippen LogP contribution in [0.15, 0.2) is 62.2 Å². The van der Waals surface area contributed by atoms with Gasteiger partial charge in [0.1, 0.15) is 0 Å². The summed E-state index contributed by atoms with van der Waals surface area (Å²) in [5.41, 5.74) is 0. The summed E-state index contributed by atoms with van der Waals surface area (Å²) in [6.45, 7) is 9.84. The molecule has 0 unspecified atom stereocenters. The second-order valence-electron chi connectivity index (χ2n) is 2.35. The second kappa shape index (κ2) is 8.33. The summed E-state index contributed by atoms with van der Waals surface area (Å²) in [6.07, 6.45) is 4.46. The Morgan fingerprint density at radius 1 is 1.07 bits per heavy atom. The van der Waals surface area contributed by atoms with Gasteiger partial charge in [-0.25, -0.2) is 0 Å². The fourth-order valence-electron chi connectivity index (χ4n) is 0.611. The topological polar surface area (TPSA) is 36.3 Å². The zero-order valence-corrected chi connectivity index (χ0v) is 8.52. The summed E-state index contributed by atoms with van der Waals surface area (Å²) in [7, 11) is 0. The van der Waals surface area contributed by atoms with Crippen LogP contribution in [-0.2, 0) is 0 Å². The van der Waals surface area contributed by atoms with Crippen molar-refractivity contribution in [1.82, 2.24) is 0 Å². The van der Waals surface area contributed by atoms with Gasteiger partial charge in [0, 0.05) is 6.08 Å². The highest BCUT2D eigenvalue weighted by molar-refractivity contribution is 5.53. The molecule has 0 atom stereocenters. The summed E-state index contributed by atoms with van der Waals surface area (Å²) in [4.78, 5) is 0. The number of hydrogen-bond acceptors (Lipinski definition) is 2. The third-order valence-electron chi connectivity index (χ3n) is 1.29. The first-order valence-electron chi connectivity index (χ1n) is 4.31. The van der Waals surface area contributed by atoms with Crippen LogP contribution < -0.4 is 4.74 Å². The number of ether oxygens (including phenoxy) is 1. The molecule has 0 bridgehead atoms. The fourth-order valence-corrected chi connectivity index (χ4v) is 0.611. The molecule has 1 heterocycles. The van der Waals surface area contributed by atoms with Crippen LogP contribution in [0.5, 0.6) is 11.5 Å². The molecular weight excluding hydrogens is 186 g/mol. The number of hydrogen-bond donors (Lipinski definition) is 0. The van der Waals surface area contributed by atoms with Gasteiger partial charge in [-0.1, -0.05) is 44.0 Å². The molecule has 0 saturated heterocycles. The van der Waals surface area contributed by atoms with Crippen molar-refractivity contribution in [3.63, 3.8) is 0 Å². The highest BCUT2D eigenvalue weighted by atomic mass is 16.6. The van der Waals surface area contributed by atoms with E-state index in [1.807, 2.05) is 24.3 Å². The summed E-state index contributed by atoms with van der Waals surface area (Å²) >= 11 is 0. The Labute approximate surface area is 90.4 Å². The van der Waals surface area contributed by atoms with E-state index in [1.165, 1.54) is 6.08 Å². The predicted octanol–water partition coefficient (Wildman–Crippen LogP) is 3.85. The van der Waals surface area contributed by atoms with Crippen molar-refractivity contribution < 1.29 is 4.74 Å². The van der Waals surface area contributed by atoms with Crippen LogP contribution in [0.3, 0.4) is 0 Å². The van der Waals surface area contributed by atoms with Crippen LogP contribution in [0.4, 0.5) is 0 Å². The number of benzene rings is 1. The molecule has 2 heteroatoms. The quantitative estimate of drug-likeness (QED) is 0.397. The van der Waals surface area contributed by atoms with Gasteiger partial charge in [-0.2, -0.15) is 5.26 Å². The molecule has 0 N–H and O–H groups in total. The van der Waals surface area contributed by atoms with Crippen molar-refractivity contribution in [2.75, 3.05) is 0 Å². The molecule has 2 nitrogen and oxygen atoms in total. The van der Waals surface area contributed by atoms with E-state index in [1.54, 1.807) is 18.2 Å². The minimum Gasteiger partial charge on any atom is -0.450 e. The maximum absolute atomic E-state index is 7.51. The van der Waals surface area contributed by atoms with Crippen molar-refractivity contribution in [2.24, 2.45) is 0 Å². The van der Waals surface area contributed by atoms with Crippen molar-refractivity contribution in [3.05, 3.63) is 62.2 Å². The monoisotopic (exact) mass is 199 g/mol. The molecule has 15 heavy (non-hydrogen) atoms. The number of rotatable bonds is 1. The molecule has 2 rings (SSSR count). The van der Waals surface area contributed by atoms with Gasteiger partial charge in [0.2, 0.25) is 0 Å². The largest absolute Gasteiger partial charge is 0.450 e. The fraction of sp³-hybridized carbons (Fsp3) is 0. The van der Waals surface area contributed by atoms with E-state index in [9.17, 15) is 0 Å². The first-order valence-corrected chi connectivity index (χ1v) is 4.31. The molecule has 0 aromatic heterocycles. The van der Waals surface area contributed by atoms with Gasteiger partial charge in [-0.05, 0) is 12.1 Å². The molecule has 76 valence electrons. The normalized spacial score (nSPS) is 7.93. The van der Waals surface area contributed by atoms with Crippen LogP contribution in [0.25, 0.3) is 0 Å². The van der Waals surface area contributed by atoms with Crippen molar-refractivity contribution in [3.8, 4) is 17.6 Å². The molecule has 1 aromatic carbocycles. The Morgan fingerprint density at radius 2 is 1.47 bits per heavy atom. The first kappa shape index (κ1) is 12.7. The minimum absolute atomic E-state index is 1.03. The van der Waals surface area contributed by atoms with Crippen LogP contribution in [-0.4, -0.2) is 0 Å². The van der Waals surface area contributed by atoms with Gasteiger partial charge < -0.3 is 4.74 Å². The molecule has 0 fully saturated rings. The third kappa shape index (κ3) is 6.85. The maximum Gasteiger partial charge on any atom is 0.170 e. The number of para-hydroxylation sites is 2. The lowest BCUT2D eigenvalue weighted by Crippen LogP contribution is -1.37. The Hall–Kier alpha value is -2.27. The van der Waals surface area contributed by atoms with E-state index in [4.69, 9.17) is 10.00 Å². The summed E-state index contributed by atoms with van der Waals surface area (Å²) in [5.74, 6) is 2.06. The molecular formula is C13H13NO. The van der Waals surface area contributed by atoms with E-state index < -0.39 is 0 Å². The summed E-state index contributed by atoms with van der Waals surface area (Å²) < 4.78 is 4.94. The molecule has 0 saturated carbocycles. The van der Waals surface area contributed by atoms with Gasteiger partial charge >= 0.3 is 0 Å². The molecule has 1 aromatic rings. The Bertz CT molecular complexity index is 347. The van der Waals surface area contributed by atoms with Gasteiger partial charge in [0.25, 0.3) is 0 Å². The van der Waals surface area contributed by atoms with Crippen molar-refractivity contribution >= 4 is 0 Å². The minimum atomic E-state index is 1.03. The molecule has 1 aliphatic rings. The van der Waals surface area contributed by atoms with Crippen molar-refractivity contribution in [1.29, 1.82) is 5.26 Å². The Balaban J connectivity index is 0.000000216. The average molecular weight is 199 g/mol. The number of nitrogens with zero attached hydrogens (tertiary/aromatic N) is 1. The standard InChI is InChI=1S/C6H4O.C4H6.C3H3N/c1-2-4-6-5(3-1)7-6;1-3-4-2;1-2-3-4/h1-4H;3-4H,1-2H2;2H,1H2. The Kier molecular flexibility index (Phi) is 7.07. The van der Waals surface area contributed by atoms with Crippen molar-refractivity contribution in [2.45, 2.75) is 0 Å². The van der Waals surface area contributed by atoms with Gasteiger partial charge in [-0.15, -0.1) is 0 Å². The summed E-state index contributed by atoms with van der Waals surface area (Å²) in [5, 5.41) is 7.51. The lowest BCUT2D eigenvalue weighted by Gasteiger charge is -1.61. The van der Waals surface area contributed by atoms with E-state index in [0.29, 0.717) is 0 Å². The average Bonchev–Trinajstić information content (AvgIpc) is 3.09. The highest BCUT2D eigenvalue weighted by Gasteiger charge is 2.15. The second-order valence-corrected chi connectivity index (χ2v) is 2.35. The molecule has 0 amide bonds. The van der Waals surface area contributed by atoms with Gasteiger partial charge in [-0.3, -0.25) is 0 Å². The molecule has 1 aliphatic heterocycles. The highest BCUT2D eigenvalue weighted by Crippen LogP contribution is 2.43. The van der Waals surface area contributed by atoms with E-state index in [0.717, 1.165) is 11.5 Å². The zero-order valence-electron chi connectivity index (χ0n) is 8.52. The lowest BCUT2D eigenvalue weighted by molar-refractivity contribution is 0.650. The number of nitriles is 1. The van der Waals surface area contributed by atoms with E-state index in [2.05, 4.69) is 19.7 Å². The predicted molar refractivity (Wildman–Crippen MR) is 62.7 cm³/mol. The summed E-state index contributed by atoms with van der Waals surface area (Å²) in [6, 6.07) is 9.53. The van der Waals surface area contributed by atoms with Gasteiger partial charge in [0.05, 0.1) is 6.07 Å². The lowest BCUT2D eigenvalue weighted by atomic mass is 10.4. The van der Waals surface area contributed by atoms with Crippen LogP contribution >= 0.6 is 0 Å². The smallest absolute Gasteiger partial charge is 0.170 e. The number of fused-ring (bicyclic) bond motifs is 1. The maximum atomic E-state index is 7.51. The SMILES string of the molecule is C=CC#N.C=CC=C.c1ccc2c(c1)O2. The van der Waals surface area contributed by atoms with Crippen LogP contribution in [0.2, 0.25) is 0 Å². The van der Waals surface area contributed by atoms with Crippen LogP contribution in [0, 0.1) is 11.3 Å². The number of allylic oxidation sites excluding steroid dienone is 3. The molecule has 0 spiro atoms. The van der Waals surface area contributed by atoms with Crippen LogP contribution in [0.1, 0.15) is 0 Å². The van der Waals surface area contributed by atoms with Gasteiger partial charge in [0.15, 0.2) is 11.5 Å². The Morgan fingerprint density at radius 3 is 1.67 bits per heavy atom. The third-order valence-corrected chi connectivity index (χ3v) is 1.29.